The molecule has 7 rings (SSSR count). The van der Waals surface area contributed by atoms with Gasteiger partial charge in [0.25, 0.3) is 0 Å². The number of rotatable bonds is 8. The number of carbonyl (C=O) groups is 1. The van der Waals surface area contributed by atoms with Crippen LogP contribution in [-0.2, 0) is 23.0 Å². The van der Waals surface area contributed by atoms with E-state index < -0.39 is 23.7 Å². The van der Waals surface area contributed by atoms with Crippen LogP contribution in [0.4, 0.5) is 15.0 Å². The van der Waals surface area contributed by atoms with Gasteiger partial charge in [0.2, 0.25) is 0 Å². The number of fused-ring (bicyclic) bond motifs is 3. The fraction of sp³-hybridized carbons (Fsp3) is 0.588. The number of piperazine rings is 1. The lowest BCUT2D eigenvalue weighted by molar-refractivity contribution is -0.0181. The van der Waals surface area contributed by atoms with Crippen LogP contribution in [0.3, 0.4) is 0 Å². The van der Waals surface area contributed by atoms with E-state index in [-0.39, 0.29) is 19.0 Å². The van der Waals surface area contributed by atoms with Crippen molar-refractivity contribution in [3.05, 3.63) is 58.3 Å². The van der Waals surface area contributed by atoms with Gasteiger partial charge in [0.1, 0.15) is 19.0 Å². The predicted octanol–water partition coefficient (Wildman–Crippen LogP) is 5.70. The summed E-state index contributed by atoms with van der Waals surface area (Å²) in [4.78, 5) is 28.7. The van der Waals surface area contributed by atoms with Gasteiger partial charge in [-0.1, -0.05) is 42.8 Å². The summed E-state index contributed by atoms with van der Waals surface area (Å²) in [7, 11) is 0. The van der Waals surface area contributed by atoms with E-state index in [0.717, 1.165) is 36.1 Å². The molecule has 1 spiro atoms. The lowest BCUT2D eigenvalue weighted by Gasteiger charge is -2.49. The number of carbonyl (C=O) groups excluding carboxylic acids is 1. The summed E-state index contributed by atoms with van der Waals surface area (Å²) in [5.74, 6) is 0.642. The molecular weight excluding hydrogens is 595 g/mol. The van der Waals surface area contributed by atoms with Crippen molar-refractivity contribution in [2.45, 2.75) is 87.5 Å². The normalized spacial score (nSPS) is 27.6. The summed E-state index contributed by atoms with van der Waals surface area (Å²) in [5.41, 5.74) is 2.51. The van der Waals surface area contributed by atoms with Crippen LogP contribution >= 0.6 is 11.6 Å². The number of benzene rings is 1. The van der Waals surface area contributed by atoms with Crippen molar-refractivity contribution < 1.29 is 18.7 Å². The summed E-state index contributed by atoms with van der Waals surface area (Å²) in [5, 5.41) is 10.3. The Morgan fingerprint density at radius 3 is 2.69 bits per heavy atom. The third kappa shape index (κ3) is 5.32. The van der Waals surface area contributed by atoms with Gasteiger partial charge in [0, 0.05) is 54.3 Å². The number of nitrogens with zero attached hydrogens (tertiary/aromatic N) is 6. The molecule has 3 heterocycles. The van der Waals surface area contributed by atoms with E-state index in [0.29, 0.717) is 74.1 Å². The lowest BCUT2D eigenvalue weighted by atomic mass is 9.68. The molecule has 238 valence electrons. The van der Waals surface area contributed by atoms with E-state index in [4.69, 9.17) is 31.0 Å². The van der Waals surface area contributed by atoms with Crippen LogP contribution in [0.1, 0.15) is 73.5 Å². The minimum Gasteiger partial charge on any atom is -0.462 e. The number of nitriles is 1. The van der Waals surface area contributed by atoms with E-state index >= 15 is 4.39 Å². The van der Waals surface area contributed by atoms with E-state index in [9.17, 15) is 10.1 Å². The molecule has 0 N–H and O–H groups in total. The van der Waals surface area contributed by atoms with Crippen LogP contribution in [-0.4, -0.2) is 83.4 Å². The Bertz CT molecular complexity index is 1510. The largest absolute Gasteiger partial charge is 0.462 e. The minimum absolute atomic E-state index is 0.103. The van der Waals surface area contributed by atoms with Gasteiger partial charge in [0.15, 0.2) is 6.17 Å². The summed E-state index contributed by atoms with van der Waals surface area (Å²) in [6, 6.07) is 8.79. The molecule has 0 bridgehead atoms. The molecule has 5 aliphatic rings. The van der Waals surface area contributed by atoms with Gasteiger partial charge in [-0.05, 0) is 62.1 Å². The Morgan fingerprint density at radius 1 is 1.16 bits per heavy atom. The molecule has 1 aromatic carbocycles. The molecular formula is C34H40ClFN6O3. The van der Waals surface area contributed by atoms with Gasteiger partial charge in [-0.25, -0.2) is 9.18 Å². The molecule has 1 amide bonds. The van der Waals surface area contributed by atoms with Crippen molar-refractivity contribution in [1.82, 2.24) is 19.8 Å². The van der Waals surface area contributed by atoms with Crippen molar-refractivity contribution in [2.24, 2.45) is 0 Å². The first-order valence-corrected chi connectivity index (χ1v) is 16.7. The van der Waals surface area contributed by atoms with Crippen molar-refractivity contribution in [2.75, 3.05) is 44.3 Å². The number of likely N-dealkylation sites (tertiary alicyclic amines) is 1. The molecule has 3 aliphatic carbocycles. The van der Waals surface area contributed by atoms with Crippen LogP contribution in [0.15, 0.2) is 30.9 Å². The summed E-state index contributed by atoms with van der Waals surface area (Å²) < 4.78 is 28.7. The maximum Gasteiger partial charge on any atom is 0.410 e. The first-order valence-electron chi connectivity index (χ1n) is 16.3. The Balaban J connectivity index is 1.20. The zero-order chi connectivity index (χ0) is 31.1. The highest BCUT2D eigenvalue weighted by Crippen LogP contribution is 2.56. The molecule has 2 aromatic rings. The zero-order valence-corrected chi connectivity index (χ0v) is 26.4. The van der Waals surface area contributed by atoms with Gasteiger partial charge in [-0.15, -0.1) is 0 Å². The van der Waals surface area contributed by atoms with Crippen LogP contribution in [0.25, 0.3) is 0 Å². The molecule has 2 saturated heterocycles. The quantitative estimate of drug-likeness (QED) is 0.341. The molecule has 9 nitrogen and oxygen atoms in total. The Morgan fingerprint density at radius 2 is 1.98 bits per heavy atom. The molecule has 1 saturated carbocycles. The van der Waals surface area contributed by atoms with E-state index in [1.807, 2.05) is 18.2 Å². The molecule has 11 heteroatoms. The average molecular weight is 635 g/mol. The highest BCUT2D eigenvalue weighted by Gasteiger charge is 2.51. The molecule has 0 radical (unpaired) electrons. The van der Waals surface area contributed by atoms with Gasteiger partial charge in [-0.2, -0.15) is 15.2 Å². The number of anilines is 1. The number of ether oxygens (including phenoxy) is 2. The second kappa shape index (κ2) is 12.4. The third-order valence-electron chi connectivity index (χ3n) is 10.8. The van der Waals surface area contributed by atoms with Crippen molar-refractivity contribution >= 4 is 23.5 Å². The standard InChI is InChI=1S/C34H40ClFN6O3/c1-2-19-44-33(43)42-18-17-40(20-23(42)11-15-37)31-26-10-14-34(13-9-25-27(34)7-4-8-28(25)35)30(36)29(26)38-32(39-31)45-21-24-12-16-41(24)22-5-3-6-22/h2,4,7-8,22-24,30H,1,3,5-6,9-14,16-21H2/t23-,24-,30-,34+/m0/s1. The van der Waals surface area contributed by atoms with Crippen LogP contribution in [0.2, 0.25) is 5.02 Å². The monoisotopic (exact) mass is 634 g/mol. The third-order valence-corrected chi connectivity index (χ3v) is 11.2. The number of aromatic nitrogens is 2. The first-order chi connectivity index (χ1) is 21.9. The number of hydrogen-bond donors (Lipinski definition) is 0. The SMILES string of the molecule is C=CCOC(=O)N1CCN(c2nc(OC[C@@H]3CCN3C3CCC3)nc3c2CC[C@@]2(CCc4c(Cl)cccc42)[C@H]3F)C[C@@H]1CC#N. The molecule has 2 aliphatic heterocycles. The highest BCUT2D eigenvalue weighted by molar-refractivity contribution is 6.31. The van der Waals surface area contributed by atoms with Crippen LogP contribution in [0.5, 0.6) is 6.01 Å². The van der Waals surface area contributed by atoms with E-state index in [1.165, 1.54) is 25.3 Å². The number of hydrogen-bond acceptors (Lipinski definition) is 8. The van der Waals surface area contributed by atoms with Gasteiger partial charge in [-0.3, -0.25) is 4.90 Å². The fourth-order valence-corrected chi connectivity index (χ4v) is 8.32. The van der Waals surface area contributed by atoms with Crippen molar-refractivity contribution in [3.8, 4) is 12.1 Å². The lowest BCUT2D eigenvalue weighted by Crippen LogP contribution is -2.57. The molecule has 4 atom stereocenters. The van der Waals surface area contributed by atoms with E-state index in [1.54, 1.807) is 4.90 Å². The number of amides is 1. The number of halogens is 2. The average Bonchev–Trinajstić information content (AvgIpc) is 3.39. The van der Waals surface area contributed by atoms with Gasteiger partial charge in [0.05, 0.1) is 24.2 Å². The Hall–Kier alpha value is -3.42. The van der Waals surface area contributed by atoms with Gasteiger partial charge >= 0.3 is 12.1 Å². The smallest absolute Gasteiger partial charge is 0.410 e. The highest BCUT2D eigenvalue weighted by atomic mass is 35.5. The first kappa shape index (κ1) is 30.2. The number of alkyl halides is 1. The summed E-state index contributed by atoms with van der Waals surface area (Å²) >= 11 is 6.57. The van der Waals surface area contributed by atoms with Crippen molar-refractivity contribution in [3.63, 3.8) is 0 Å². The molecule has 0 unspecified atom stereocenters. The predicted molar refractivity (Wildman–Crippen MR) is 168 cm³/mol. The Labute approximate surface area is 268 Å². The van der Waals surface area contributed by atoms with Gasteiger partial charge < -0.3 is 19.3 Å². The summed E-state index contributed by atoms with van der Waals surface area (Å²) in [6.07, 6.45) is 7.34. The maximum absolute atomic E-state index is 17.1. The minimum atomic E-state index is -1.34. The second-order valence-electron chi connectivity index (χ2n) is 13.1. The molecule has 45 heavy (non-hydrogen) atoms. The second-order valence-corrected chi connectivity index (χ2v) is 13.5. The topological polar surface area (TPSA) is 94.8 Å². The maximum atomic E-state index is 17.1. The van der Waals surface area contributed by atoms with Crippen LogP contribution in [0, 0.1) is 11.3 Å². The zero-order valence-electron chi connectivity index (χ0n) is 25.6. The Kier molecular flexibility index (Phi) is 8.34. The van der Waals surface area contributed by atoms with E-state index in [2.05, 4.69) is 22.4 Å². The fourth-order valence-electron chi connectivity index (χ4n) is 8.06. The molecule has 3 fully saturated rings. The van der Waals surface area contributed by atoms with Crippen LogP contribution < -0.4 is 9.64 Å². The van der Waals surface area contributed by atoms with Crippen molar-refractivity contribution in [1.29, 1.82) is 5.26 Å². The molecule has 1 aromatic heterocycles. The summed E-state index contributed by atoms with van der Waals surface area (Å²) in [6.45, 7) is 6.47.